The molecule has 0 aromatic heterocycles. The smallest absolute Gasteiger partial charge is 0.486 e. The summed E-state index contributed by atoms with van der Waals surface area (Å²) in [5.74, 6) is 1.75. The number of aliphatic carboxylic acids is 1. The SMILES string of the molecule is COC(=O)[C@@H](C)[C@H](c1ccc2c(c1)O[C@H](C1CN(C(=O)OC(C)(C)C)C1)CO2)C1CC1.COC(=O)[C@@H](C)[C@H](c1ccc2c(c1)O[C@H](C1CNC1)CO2)C1CC1.Cl.O=C(O)C(F)(F)F. The fourth-order valence-corrected chi connectivity index (χ4v) is 8.40. The van der Waals surface area contributed by atoms with Gasteiger partial charge in [-0.1, -0.05) is 26.0 Å². The van der Waals surface area contributed by atoms with Crippen LogP contribution in [0, 0.1) is 35.5 Å². The van der Waals surface area contributed by atoms with Crippen molar-refractivity contribution in [2.75, 3.05) is 53.6 Å². The second kappa shape index (κ2) is 20.5. The zero-order valence-corrected chi connectivity index (χ0v) is 37.6. The Morgan fingerprint density at radius 3 is 1.48 bits per heavy atom. The summed E-state index contributed by atoms with van der Waals surface area (Å²) < 4.78 is 71.5. The molecule has 63 heavy (non-hydrogen) atoms. The Morgan fingerprint density at radius 2 is 1.14 bits per heavy atom. The number of esters is 2. The third-order valence-corrected chi connectivity index (χ3v) is 12.2. The normalized spacial score (nSPS) is 22.2. The fourth-order valence-electron chi connectivity index (χ4n) is 8.40. The van der Waals surface area contributed by atoms with Crippen LogP contribution in [0.2, 0.25) is 0 Å². The van der Waals surface area contributed by atoms with Crippen molar-refractivity contribution in [3.05, 3.63) is 47.5 Å². The molecule has 2 saturated carbocycles. The Morgan fingerprint density at radius 1 is 0.730 bits per heavy atom. The van der Waals surface area contributed by atoms with Crippen LogP contribution in [0.3, 0.4) is 0 Å². The quantitative estimate of drug-likeness (QED) is 0.179. The summed E-state index contributed by atoms with van der Waals surface area (Å²) in [6, 6.07) is 12.1. The molecule has 8 rings (SSSR count). The van der Waals surface area contributed by atoms with Gasteiger partial charge >= 0.3 is 30.2 Å². The van der Waals surface area contributed by atoms with E-state index < -0.39 is 17.7 Å². The van der Waals surface area contributed by atoms with Crippen molar-refractivity contribution >= 4 is 36.4 Å². The van der Waals surface area contributed by atoms with Crippen LogP contribution < -0.4 is 24.3 Å². The number of carboxylic acid groups (broad SMARTS) is 1. The third-order valence-electron chi connectivity index (χ3n) is 12.2. The van der Waals surface area contributed by atoms with Crippen LogP contribution in [0.4, 0.5) is 18.0 Å². The molecule has 4 aliphatic heterocycles. The molecule has 0 unspecified atom stereocenters. The third kappa shape index (κ3) is 12.5. The van der Waals surface area contributed by atoms with E-state index in [9.17, 15) is 27.6 Å². The van der Waals surface area contributed by atoms with Crippen molar-refractivity contribution in [1.82, 2.24) is 10.2 Å². The lowest BCUT2D eigenvalue weighted by Gasteiger charge is -2.44. The van der Waals surface area contributed by atoms with E-state index in [0.29, 0.717) is 49.8 Å². The highest BCUT2D eigenvalue weighted by Crippen LogP contribution is 2.50. The minimum absolute atomic E-state index is 0. The number of alkyl halides is 3. The average molecular weight is 913 g/mol. The van der Waals surface area contributed by atoms with Crippen LogP contribution in [0.25, 0.3) is 0 Å². The molecule has 4 heterocycles. The van der Waals surface area contributed by atoms with Crippen LogP contribution in [-0.2, 0) is 28.6 Å². The van der Waals surface area contributed by atoms with Gasteiger partial charge in [0.05, 0.1) is 26.1 Å². The largest absolute Gasteiger partial charge is 0.490 e. The van der Waals surface area contributed by atoms with Gasteiger partial charge in [-0.15, -0.1) is 12.4 Å². The van der Waals surface area contributed by atoms with E-state index in [0.717, 1.165) is 54.3 Å². The molecule has 0 spiro atoms. The Bertz CT molecular complexity index is 1930. The number of nitrogens with zero attached hydrogens (tertiary/aromatic N) is 1. The number of halogens is 4. The molecule has 6 atom stereocenters. The van der Waals surface area contributed by atoms with Gasteiger partial charge in [0.2, 0.25) is 0 Å². The second-order valence-corrected chi connectivity index (χ2v) is 18.1. The zero-order valence-electron chi connectivity index (χ0n) is 36.7. The van der Waals surface area contributed by atoms with Crippen molar-refractivity contribution < 1.29 is 70.6 Å². The number of hydrogen-bond donors (Lipinski definition) is 2. The lowest BCUT2D eigenvalue weighted by molar-refractivity contribution is -0.192. The standard InChI is InChI=1S/C24H33NO6.C19H25NO4.C2HF3O2.ClH/c1-14(22(26)28-5)21(15-6-7-15)16-8-9-18-19(10-16)30-20(13-29-18)17-11-25(12-17)23(27)31-24(2,3)4;1-11(19(21)22-2)18(12-3-4-12)13-5-6-15-16(7-13)24-17(10-23-15)14-8-20-9-14;3-2(4,5)1(6)7;/h8-10,14-15,17,20-21H,6-7,11-13H2,1-5H3;5-7,11-12,14,17-18,20H,3-4,8-10H2,1-2H3;(H,6,7);1H/t14-,20-,21-;11-,17-,18-;;/m00../s1. The first kappa shape index (κ1) is 49.4. The number of fused-ring (bicyclic) bond motifs is 2. The van der Waals surface area contributed by atoms with Crippen LogP contribution in [0.15, 0.2) is 36.4 Å². The highest BCUT2D eigenvalue weighted by atomic mass is 35.5. The minimum atomic E-state index is -5.08. The first-order valence-electron chi connectivity index (χ1n) is 21.3. The monoisotopic (exact) mass is 912 g/mol. The fraction of sp³-hybridized carbons (Fsp3) is 0.644. The molecule has 18 heteroatoms. The van der Waals surface area contributed by atoms with E-state index in [-0.39, 0.29) is 72.2 Å². The number of methoxy groups -OCH3 is 2. The molecule has 2 N–H and O–H groups in total. The van der Waals surface area contributed by atoms with Gasteiger partial charge in [0.25, 0.3) is 0 Å². The number of likely N-dealkylation sites (tertiary alicyclic amines) is 1. The summed E-state index contributed by atoms with van der Waals surface area (Å²) in [4.78, 5) is 47.0. The number of ether oxygens (including phenoxy) is 7. The molecule has 0 bridgehead atoms. The molecule has 0 radical (unpaired) electrons. The van der Waals surface area contributed by atoms with Crippen molar-refractivity contribution in [2.24, 2.45) is 35.5 Å². The van der Waals surface area contributed by atoms with Gasteiger partial charge in [-0.2, -0.15) is 13.2 Å². The zero-order chi connectivity index (χ0) is 45.1. The predicted octanol–water partition coefficient (Wildman–Crippen LogP) is 7.40. The maximum atomic E-state index is 12.2. The van der Waals surface area contributed by atoms with Crippen LogP contribution >= 0.6 is 12.4 Å². The van der Waals surface area contributed by atoms with Crippen molar-refractivity contribution in [2.45, 2.75) is 96.1 Å². The Labute approximate surface area is 372 Å². The number of rotatable bonds is 10. The first-order chi connectivity index (χ1) is 29.3. The van der Waals surface area contributed by atoms with Gasteiger partial charge in [0.1, 0.15) is 31.0 Å². The summed E-state index contributed by atoms with van der Waals surface area (Å²) in [6.07, 6.45) is -0.747. The lowest BCUT2D eigenvalue weighted by Crippen LogP contribution is -2.58. The molecule has 14 nitrogen and oxygen atoms in total. The molecule has 4 fully saturated rings. The molecular weight excluding hydrogens is 853 g/mol. The summed E-state index contributed by atoms with van der Waals surface area (Å²) in [5, 5.41) is 10.4. The second-order valence-electron chi connectivity index (χ2n) is 18.1. The molecule has 1 amide bonds. The van der Waals surface area contributed by atoms with Crippen LogP contribution in [0.1, 0.15) is 83.3 Å². The van der Waals surface area contributed by atoms with Crippen molar-refractivity contribution in [3.8, 4) is 23.0 Å². The van der Waals surface area contributed by atoms with Crippen molar-refractivity contribution in [3.63, 3.8) is 0 Å². The number of hydrogen-bond acceptors (Lipinski definition) is 12. The maximum absolute atomic E-state index is 12.2. The number of carbonyl (C=O) groups is 4. The number of benzene rings is 2. The van der Waals surface area contributed by atoms with Crippen LogP contribution in [0.5, 0.6) is 23.0 Å². The molecule has 2 saturated heterocycles. The number of carbonyl (C=O) groups excluding carboxylic acids is 3. The van der Waals surface area contributed by atoms with Gasteiger partial charge in [0, 0.05) is 38.0 Å². The molecule has 2 aliphatic carbocycles. The van der Waals surface area contributed by atoms with Gasteiger partial charge < -0.3 is 48.5 Å². The Hall–Kier alpha value is -4.64. The van der Waals surface area contributed by atoms with Gasteiger partial charge in [0.15, 0.2) is 23.0 Å². The number of nitrogens with one attached hydrogen (secondary N) is 1. The highest BCUT2D eigenvalue weighted by molar-refractivity contribution is 5.85. The predicted molar refractivity (Wildman–Crippen MR) is 225 cm³/mol. The lowest BCUT2D eigenvalue weighted by atomic mass is 9.83. The first-order valence-corrected chi connectivity index (χ1v) is 21.3. The van der Waals surface area contributed by atoms with E-state index in [1.807, 2.05) is 58.9 Å². The van der Waals surface area contributed by atoms with Crippen molar-refractivity contribution in [1.29, 1.82) is 0 Å². The maximum Gasteiger partial charge on any atom is 0.490 e. The number of amides is 1. The van der Waals surface area contributed by atoms with E-state index in [4.69, 9.17) is 43.1 Å². The average Bonchev–Trinajstić information content (AvgIpc) is 4.12. The van der Waals surface area contributed by atoms with E-state index in [1.54, 1.807) is 4.90 Å². The topological polar surface area (TPSA) is 168 Å². The van der Waals surface area contributed by atoms with Crippen LogP contribution in [-0.4, -0.2) is 112 Å². The van der Waals surface area contributed by atoms with Gasteiger partial charge in [-0.3, -0.25) is 9.59 Å². The molecule has 6 aliphatic rings. The van der Waals surface area contributed by atoms with E-state index in [1.165, 1.54) is 27.1 Å². The molecule has 350 valence electrons. The van der Waals surface area contributed by atoms with E-state index >= 15 is 0 Å². The summed E-state index contributed by atoms with van der Waals surface area (Å²) >= 11 is 0. The summed E-state index contributed by atoms with van der Waals surface area (Å²) in [7, 11) is 2.90. The Balaban J connectivity index is 0.000000208. The van der Waals surface area contributed by atoms with Gasteiger partial charge in [-0.05, 0) is 106 Å². The molecule has 2 aromatic carbocycles. The highest BCUT2D eigenvalue weighted by Gasteiger charge is 2.44. The summed E-state index contributed by atoms with van der Waals surface area (Å²) in [6.45, 7) is 13.8. The molecular formula is C45H60ClF3N2O12. The van der Waals surface area contributed by atoms with E-state index in [2.05, 4.69) is 17.4 Å². The molecule has 2 aromatic rings. The minimum Gasteiger partial charge on any atom is -0.486 e. The Kier molecular flexibility index (Phi) is 16.0. The summed E-state index contributed by atoms with van der Waals surface area (Å²) in [5.41, 5.74) is 1.75. The number of carboxylic acids is 1. The van der Waals surface area contributed by atoms with Gasteiger partial charge in [-0.25, -0.2) is 9.59 Å².